The SMILES string of the molecule is CC(=O)c1ccc(OCc2ccc(Cl)c3cccnc23)cc1F. The second-order valence-corrected chi connectivity index (χ2v) is 5.50. The summed E-state index contributed by atoms with van der Waals surface area (Å²) in [4.78, 5) is 15.6. The molecule has 1 aromatic heterocycles. The fourth-order valence-electron chi connectivity index (χ4n) is 2.35. The Morgan fingerprint density at radius 3 is 2.83 bits per heavy atom. The molecular weight excluding hydrogens is 317 g/mol. The molecule has 0 bridgehead atoms. The van der Waals surface area contributed by atoms with E-state index in [9.17, 15) is 9.18 Å². The summed E-state index contributed by atoms with van der Waals surface area (Å²) in [6.07, 6.45) is 1.68. The van der Waals surface area contributed by atoms with Crippen molar-refractivity contribution in [3.05, 3.63) is 70.6 Å². The number of aromatic nitrogens is 1. The number of halogens is 2. The molecule has 116 valence electrons. The lowest BCUT2D eigenvalue weighted by molar-refractivity contribution is 0.101. The molecule has 3 rings (SSSR count). The standard InChI is InChI=1S/C18H13ClFNO2/c1-11(22)14-6-5-13(9-17(14)20)23-10-12-4-7-16(19)15-3-2-8-21-18(12)15/h2-9H,10H2,1H3. The van der Waals surface area contributed by atoms with Crippen molar-refractivity contribution < 1.29 is 13.9 Å². The van der Waals surface area contributed by atoms with Crippen LogP contribution in [0.5, 0.6) is 5.75 Å². The van der Waals surface area contributed by atoms with Gasteiger partial charge in [-0.3, -0.25) is 9.78 Å². The topological polar surface area (TPSA) is 39.2 Å². The van der Waals surface area contributed by atoms with Crippen LogP contribution < -0.4 is 4.74 Å². The molecule has 0 aliphatic carbocycles. The van der Waals surface area contributed by atoms with Gasteiger partial charge in [0.25, 0.3) is 0 Å². The molecule has 0 radical (unpaired) electrons. The minimum atomic E-state index is -0.589. The maximum absolute atomic E-state index is 13.8. The number of ether oxygens (including phenoxy) is 1. The maximum atomic E-state index is 13.8. The van der Waals surface area contributed by atoms with Crippen molar-refractivity contribution in [3.8, 4) is 5.75 Å². The highest BCUT2D eigenvalue weighted by atomic mass is 35.5. The van der Waals surface area contributed by atoms with Crippen molar-refractivity contribution in [1.29, 1.82) is 0 Å². The van der Waals surface area contributed by atoms with Gasteiger partial charge in [-0.25, -0.2) is 4.39 Å². The molecule has 0 saturated heterocycles. The van der Waals surface area contributed by atoms with Crippen molar-refractivity contribution in [2.45, 2.75) is 13.5 Å². The van der Waals surface area contributed by atoms with Crippen LogP contribution in [0.1, 0.15) is 22.8 Å². The third kappa shape index (κ3) is 3.17. The zero-order chi connectivity index (χ0) is 16.4. The van der Waals surface area contributed by atoms with Gasteiger partial charge in [0.2, 0.25) is 0 Å². The number of pyridine rings is 1. The summed E-state index contributed by atoms with van der Waals surface area (Å²) in [5.74, 6) is -0.553. The van der Waals surface area contributed by atoms with Gasteiger partial charge in [-0.05, 0) is 37.3 Å². The molecule has 5 heteroatoms. The van der Waals surface area contributed by atoms with E-state index in [4.69, 9.17) is 16.3 Å². The number of hydrogen-bond acceptors (Lipinski definition) is 3. The normalized spacial score (nSPS) is 10.7. The van der Waals surface area contributed by atoms with Crippen molar-refractivity contribution >= 4 is 28.3 Å². The predicted molar refractivity (Wildman–Crippen MR) is 87.5 cm³/mol. The lowest BCUT2D eigenvalue weighted by Crippen LogP contribution is -2.01. The van der Waals surface area contributed by atoms with Gasteiger partial charge in [0.15, 0.2) is 5.78 Å². The fraction of sp³-hybridized carbons (Fsp3) is 0.111. The van der Waals surface area contributed by atoms with Crippen molar-refractivity contribution in [2.24, 2.45) is 0 Å². The number of Topliss-reactive ketones (excluding diaryl/α,β-unsaturated/α-hetero) is 1. The van der Waals surface area contributed by atoms with E-state index in [-0.39, 0.29) is 18.0 Å². The zero-order valence-electron chi connectivity index (χ0n) is 12.3. The van der Waals surface area contributed by atoms with E-state index in [1.54, 1.807) is 18.3 Å². The average Bonchev–Trinajstić information content (AvgIpc) is 2.54. The molecule has 0 unspecified atom stereocenters. The van der Waals surface area contributed by atoms with Crippen LogP contribution >= 0.6 is 11.6 Å². The van der Waals surface area contributed by atoms with Gasteiger partial charge >= 0.3 is 0 Å². The number of carbonyl (C=O) groups is 1. The molecule has 0 aliphatic heterocycles. The first-order valence-corrected chi connectivity index (χ1v) is 7.39. The van der Waals surface area contributed by atoms with Gasteiger partial charge in [-0.1, -0.05) is 17.7 Å². The number of nitrogens with zero attached hydrogens (tertiary/aromatic N) is 1. The average molecular weight is 330 g/mol. The van der Waals surface area contributed by atoms with Crippen LogP contribution in [0, 0.1) is 5.82 Å². The molecule has 0 spiro atoms. The van der Waals surface area contributed by atoms with Gasteiger partial charge in [0.05, 0.1) is 11.1 Å². The van der Waals surface area contributed by atoms with Gasteiger partial charge in [0.1, 0.15) is 18.2 Å². The van der Waals surface area contributed by atoms with E-state index in [1.165, 1.54) is 19.1 Å². The second kappa shape index (κ2) is 6.34. The Kier molecular flexibility index (Phi) is 4.26. The minimum Gasteiger partial charge on any atom is -0.489 e. The van der Waals surface area contributed by atoms with E-state index in [0.717, 1.165) is 16.5 Å². The first-order chi connectivity index (χ1) is 11.1. The Morgan fingerprint density at radius 1 is 1.26 bits per heavy atom. The van der Waals surface area contributed by atoms with Gasteiger partial charge in [-0.15, -0.1) is 0 Å². The quantitative estimate of drug-likeness (QED) is 0.645. The number of hydrogen-bond donors (Lipinski definition) is 0. The van der Waals surface area contributed by atoms with Crippen molar-refractivity contribution in [1.82, 2.24) is 4.98 Å². The van der Waals surface area contributed by atoms with Crippen LogP contribution in [0.25, 0.3) is 10.9 Å². The van der Waals surface area contributed by atoms with Gasteiger partial charge < -0.3 is 4.74 Å². The summed E-state index contributed by atoms with van der Waals surface area (Å²) >= 11 is 6.15. The van der Waals surface area contributed by atoms with Crippen LogP contribution in [0.15, 0.2) is 48.7 Å². The molecule has 0 amide bonds. The summed E-state index contributed by atoms with van der Waals surface area (Å²) in [6.45, 7) is 1.55. The first kappa shape index (κ1) is 15.4. The number of ketones is 1. The third-order valence-corrected chi connectivity index (χ3v) is 3.84. The molecule has 1 heterocycles. The lowest BCUT2D eigenvalue weighted by Gasteiger charge is -2.10. The van der Waals surface area contributed by atoms with Crippen LogP contribution in [-0.4, -0.2) is 10.8 Å². The molecular formula is C18H13ClFNO2. The Labute approximate surface area is 137 Å². The van der Waals surface area contributed by atoms with E-state index in [0.29, 0.717) is 10.8 Å². The van der Waals surface area contributed by atoms with Gasteiger partial charge in [0, 0.05) is 28.2 Å². The maximum Gasteiger partial charge on any atom is 0.162 e. The Bertz CT molecular complexity index is 895. The van der Waals surface area contributed by atoms with Crippen LogP contribution in [0.3, 0.4) is 0 Å². The summed E-state index contributed by atoms with van der Waals surface area (Å²) in [5, 5.41) is 1.46. The van der Waals surface area contributed by atoms with E-state index in [2.05, 4.69) is 4.98 Å². The van der Waals surface area contributed by atoms with Crippen molar-refractivity contribution in [2.75, 3.05) is 0 Å². The van der Waals surface area contributed by atoms with Crippen LogP contribution in [-0.2, 0) is 6.61 Å². The molecule has 0 atom stereocenters. The number of carbonyl (C=O) groups excluding carboxylic acids is 1. The summed E-state index contributed by atoms with van der Waals surface area (Å²) < 4.78 is 19.4. The highest BCUT2D eigenvalue weighted by molar-refractivity contribution is 6.35. The second-order valence-electron chi connectivity index (χ2n) is 5.09. The molecule has 2 aromatic carbocycles. The lowest BCUT2D eigenvalue weighted by atomic mass is 10.1. The largest absolute Gasteiger partial charge is 0.489 e. The van der Waals surface area contributed by atoms with Crippen LogP contribution in [0.2, 0.25) is 5.02 Å². The molecule has 23 heavy (non-hydrogen) atoms. The Balaban J connectivity index is 1.85. The molecule has 3 nitrogen and oxygen atoms in total. The Morgan fingerprint density at radius 2 is 2.09 bits per heavy atom. The Hall–Kier alpha value is -2.46. The zero-order valence-corrected chi connectivity index (χ0v) is 13.1. The monoisotopic (exact) mass is 329 g/mol. The number of benzene rings is 2. The van der Waals surface area contributed by atoms with Crippen LogP contribution in [0.4, 0.5) is 4.39 Å². The first-order valence-electron chi connectivity index (χ1n) is 7.01. The van der Waals surface area contributed by atoms with E-state index >= 15 is 0 Å². The van der Waals surface area contributed by atoms with E-state index in [1.807, 2.05) is 18.2 Å². The third-order valence-electron chi connectivity index (χ3n) is 3.51. The minimum absolute atomic E-state index is 0.0518. The molecule has 0 N–H and O–H groups in total. The summed E-state index contributed by atoms with van der Waals surface area (Å²) in [6, 6.07) is 11.5. The summed E-state index contributed by atoms with van der Waals surface area (Å²) in [7, 11) is 0. The molecule has 3 aromatic rings. The van der Waals surface area contributed by atoms with Gasteiger partial charge in [-0.2, -0.15) is 0 Å². The summed E-state index contributed by atoms with van der Waals surface area (Å²) in [5.41, 5.74) is 1.65. The fourth-order valence-corrected chi connectivity index (χ4v) is 2.56. The smallest absolute Gasteiger partial charge is 0.162 e. The number of rotatable bonds is 4. The predicted octanol–water partition coefficient (Wildman–Crippen LogP) is 4.81. The van der Waals surface area contributed by atoms with E-state index < -0.39 is 5.82 Å². The molecule has 0 saturated carbocycles. The molecule has 0 aliphatic rings. The highest BCUT2D eigenvalue weighted by Crippen LogP contribution is 2.26. The highest BCUT2D eigenvalue weighted by Gasteiger charge is 2.10. The van der Waals surface area contributed by atoms with Crippen molar-refractivity contribution in [3.63, 3.8) is 0 Å². The number of fused-ring (bicyclic) bond motifs is 1. The molecule has 0 fully saturated rings.